The van der Waals surface area contributed by atoms with Crippen LogP contribution in [-0.4, -0.2) is 56.1 Å². The van der Waals surface area contributed by atoms with E-state index < -0.39 is 67.5 Å². The zero-order valence-electron chi connectivity index (χ0n) is 24.5. The van der Waals surface area contributed by atoms with Crippen LogP contribution in [0.25, 0.3) is 11.3 Å². The van der Waals surface area contributed by atoms with Crippen LogP contribution in [0.2, 0.25) is 18.1 Å². The van der Waals surface area contributed by atoms with E-state index in [0.29, 0.717) is 5.56 Å². The molecule has 1 heterocycles. The first-order valence-electron chi connectivity index (χ1n) is 13.0. The molecule has 9 nitrogen and oxygen atoms in total. The molecule has 2 unspecified atom stereocenters. The number of alkyl halides is 3. The molecular formula is C28H38F3N3O6Si. The van der Waals surface area contributed by atoms with Gasteiger partial charge < -0.3 is 19.8 Å². The Hall–Kier alpha value is -3.45. The van der Waals surface area contributed by atoms with E-state index in [4.69, 9.17) is 4.43 Å². The van der Waals surface area contributed by atoms with Crippen LogP contribution < -0.4 is 16.2 Å². The minimum atomic E-state index is -4.78. The molecule has 0 fully saturated rings. The molecule has 2 amide bonds. The van der Waals surface area contributed by atoms with Crippen molar-refractivity contribution in [2.75, 3.05) is 12.4 Å². The lowest BCUT2D eigenvalue weighted by molar-refractivity contribution is -0.210. The van der Waals surface area contributed by atoms with Gasteiger partial charge in [-0.2, -0.15) is 13.2 Å². The summed E-state index contributed by atoms with van der Waals surface area (Å²) in [5.41, 5.74) is -0.349. The van der Waals surface area contributed by atoms with Crippen LogP contribution in [0.1, 0.15) is 34.6 Å². The second-order valence-corrected chi connectivity index (χ2v) is 16.3. The summed E-state index contributed by atoms with van der Waals surface area (Å²) in [5, 5.41) is 4.08. The topological polar surface area (TPSA) is 116 Å². The second-order valence-electron chi connectivity index (χ2n) is 11.5. The maximum Gasteiger partial charge on any atom is 0.415 e. The third kappa shape index (κ3) is 8.52. The van der Waals surface area contributed by atoms with Gasteiger partial charge in [-0.05, 0) is 41.7 Å². The van der Waals surface area contributed by atoms with E-state index in [1.165, 1.54) is 12.1 Å². The SMILES string of the molecule is COC(=O)C(=O)Nc1ccc(-c2ccccc2)n(CC(=O)NC(C(C)C)C(O[Si](C)(C)C(C)(C)C)C(F)(F)F)c1=O. The van der Waals surface area contributed by atoms with Gasteiger partial charge in [0.05, 0.1) is 18.8 Å². The van der Waals surface area contributed by atoms with Crippen molar-refractivity contribution < 1.29 is 36.7 Å². The number of methoxy groups -OCH3 is 1. The highest BCUT2D eigenvalue weighted by atomic mass is 28.4. The van der Waals surface area contributed by atoms with E-state index >= 15 is 0 Å². The average Bonchev–Trinajstić information content (AvgIpc) is 2.87. The average molecular weight is 598 g/mol. The van der Waals surface area contributed by atoms with Crippen molar-refractivity contribution in [1.82, 2.24) is 9.88 Å². The van der Waals surface area contributed by atoms with Crippen molar-refractivity contribution in [2.45, 2.75) is 77.6 Å². The number of carbonyl (C=O) groups is 3. The van der Waals surface area contributed by atoms with Crippen LogP contribution in [0, 0.1) is 5.92 Å². The molecule has 0 aliphatic heterocycles. The van der Waals surface area contributed by atoms with E-state index in [9.17, 15) is 32.3 Å². The number of ether oxygens (including phenoxy) is 1. The third-order valence-corrected chi connectivity index (χ3v) is 11.5. The Morgan fingerprint density at radius 3 is 2.07 bits per heavy atom. The van der Waals surface area contributed by atoms with Gasteiger partial charge in [-0.1, -0.05) is 65.0 Å². The zero-order chi connectivity index (χ0) is 31.3. The lowest BCUT2D eigenvalue weighted by Gasteiger charge is -2.42. The number of benzene rings is 1. The predicted molar refractivity (Wildman–Crippen MR) is 152 cm³/mol. The van der Waals surface area contributed by atoms with Crippen LogP contribution in [-0.2, 0) is 30.1 Å². The molecule has 13 heteroatoms. The van der Waals surface area contributed by atoms with E-state index in [-0.39, 0.29) is 11.4 Å². The summed E-state index contributed by atoms with van der Waals surface area (Å²) >= 11 is 0. The summed E-state index contributed by atoms with van der Waals surface area (Å²) in [6, 6.07) is 9.79. The monoisotopic (exact) mass is 597 g/mol. The molecule has 0 saturated heterocycles. The van der Waals surface area contributed by atoms with E-state index in [2.05, 4.69) is 15.4 Å². The normalized spacial score (nSPS) is 13.9. The predicted octanol–water partition coefficient (Wildman–Crippen LogP) is 4.72. The molecule has 2 N–H and O–H groups in total. The summed E-state index contributed by atoms with van der Waals surface area (Å²) in [5.74, 6) is -3.98. The van der Waals surface area contributed by atoms with Gasteiger partial charge in [-0.15, -0.1) is 0 Å². The fourth-order valence-corrected chi connectivity index (χ4v) is 5.03. The van der Waals surface area contributed by atoms with Gasteiger partial charge in [0, 0.05) is 0 Å². The largest absolute Gasteiger partial charge is 0.462 e. The number of nitrogens with one attached hydrogen (secondary N) is 2. The number of hydrogen-bond acceptors (Lipinski definition) is 6. The van der Waals surface area contributed by atoms with Crippen molar-refractivity contribution in [3.05, 3.63) is 52.8 Å². The van der Waals surface area contributed by atoms with Crippen LogP contribution in [0.5, 0.6) is 0 Å². The first-order chi connectivity index (χ1) is 18.8. The fourth-order valence-electron chi connectivity index (χ4n) is 3.76. The van der Waals surface area contributed by atoms with Crippen LogP contribution in [0.4, 0.5) is 18.9 Å². The Bertz CT molecular complexity index is 1300. The van der Waals surface area contributed by atoms with Crippen molar-refractivity contribution in [2.24, 2.45) is 5.92 Å². The van der Waals surface area contributed by atoms with Crippen LogP contribution >= 0.6 is 0 Å². The molecule has 0 spiro atoms. The maximum atomic E-state index is 14.4. The van der Waals surface area contributed by atoms with E-state index in [1.807, 2.05) is 20.8 Å². The number of nitrogens with zero attached hydrogens (tertiary/aromatic N) is 1. The highest BCUT2D eigenvalue weighted by Gasteiger charge is 2.52. The van der Waals surface area contributed by atoms with Crippen molar-refractivity contribution >= 4 is 31.8 Å². The lowest BCUT2D eigenvalue weighted by Crippen LogP contribution is -2.59. The van der Waals surface area contributed by atoms with E-state index in [1.54, 1.807) is 57.3 Å². The maximum absolute atomic E-state index is 14.4. The number of hydrogen-bond donors (Lipinski definition) is 2. The molecule has 0 radical (unpaired) electrons. The molecule has 2 rings (SSSR count). The molecule has 2 atom stereocenters. The van der Waals surface area contributed by atoms with Gasteiger partial charge in [0.25, 0.3) is 5.56 Å². The molecule has 0 aliphatic carbocycles. The zero-order valence-corrected chi connectivity index (χ0v) is 25.5. The molecule has 1 aromatic heterocycles. The first-order valence-corrected chi connectivity index (χ1v) is 15.9. The number of anilines is 1. The second kappa shape index (κ2) is 13.0. The number of pyridine rings is 1. The molecule has 0 bridgehead atoms. The van der Waals surface area contributed by atoms with Crippen LogP contribution in [0.3, 0.4) is 0 Å². The number of esters is 1. The summed E-state index contributed by atoms with van der Waals surface area (Å²) < 4.78 is 54.2. The van der Waals surface area contributed by atoms with Gasteiger partial charge in [-0.25, -0.2) is 4.79 Å². The smallest absolute Gasteiger partial charge is 0.415 e. The number of aromatic nitrogens is 1. The van der Waals surface area contributed by atoms with Gasteiger partial charge in [0.2, 0.25) is 5.91 Å². The molecular weight excluding hydrogens is 559 g/mol. The molecule has 41 heavy (non-hydrogen) atoms. The molecule has 226 valence electrons. The minimum absolute atomic E-state index is 0.271. The number of carbonyl (C=O) groups excluding carboxylic acids is 3. The van der Waals surface area contributed by atoms with Crippen molar-refractivity contribution in [3.63, 3.8) is 0 Å². The Morgan fingerprint density at radius 1 is 1.00 bits per heavy atom. The summed E-state index contributed by atoms with van der Waals surface area (Å²) in [6.07, 6.45) is -7.05. The first kappa shape index (κ1) is 33.8. The summed E-state index contributed by atoms with van der Waals surface area (Å²) in [7, 11) is -1.92. The van der Waals surface area contributed by atoms with Gasteiger partial charge >= 0.3 is 18.1 Å². The van der Waals surface area contributed by atoms with Crippen molar-refractivity contribution in [1.29, 1.82) is 0 Å². The highest BCUT2D eigenvalue weighted by molar-refractivity contribution is 6.74. The Kier molecular flexibility index (Phi) is 10.7. The summed E-state index contributed by atoms with van der Waals surface area (Å²) in [4.78, 5) is 50.3. The molecule has 0 saturated carbocycles. The fraction of sp³-hybridized carbons (Fsp3) is 0.500. The Morgan fingerprint density at radius 2 is 1.59 bits per heavy atom. The van der Waals surface area contributed by atoms with Crippen molar-refractivity contribution in [3.8, 4) is 11.3 Å². The highest BCUT2D eigenvalue weighted by Crippen LogP contribution is 2.41. The van der Waals surface area contributed by atoms with Gasteiger partial charge in [0.1, 0.15) is 12.2 Å². The summed E-state index contributed by atoms with van der Waals surface area (Å²) in [6.45, 7) is 11.3. The quantitative estimate of drug-likeness (QED) is 0.246. The van der Waals surface area contributed by atoms with Crippen LogP contribution in [0.15, 0.2) is 47.3 Å². The molecule has 1 aromatic carbocycles. The Labute approximate surface area is 238 Å². The Balaban J connectivity index is 2.51. The number of amides is 2. The van der Waals surface area contributed by atoms with Gasteiger partial charge in [0.15, 0.2) is 14.4 Å². The minimum Gasteiger partial charge on any atom is -0.462 e. The number of rotatable bonds is 9. The third-order valence-electron chi connectivity index (χ3n) is 7.09. The molecule has 0 aliphatic rings. The van der Waals surface area contributed by atoms with E-state index in [0.717, 1.165) is 11.7 Å². The standard InChI is InChI=1S/C28H38F3N3O6Si/c1-17(2)22(23(28(29,30)31)40-41(7,8)27(3,4)5)33-21(35)16-34-20(18-12-10-9-11-13-18)15-14-19(25(34)37)32-24(36)26(38)39-6/h9-15,17,22-23H,16H2,1-8H3,(H,32,36)(H,33,35). The van der Waals surface area contributed by atoms with Gasteiger partial charge in [-0.3, -0.25) is 19.0 Å². The number of halogens is 3. The molecule has 2 aromatic rings. The lowest BCUT2D eigenvalue weighted by atomic mass is 9.98.